The number of aryl methyl sites for hydroxylation is 2. The summed E-state index contributed by atoms with van der Waals surface area (Å²) in [6.07, 6.45) is 0. The van der Waals surface area contributed by atoms with Crippen LogP contribution in [0.3, 0.4) is 0 Å². The van der Waals surface area contributed by atoms with Crippen LogP contribution in [0.1, 0.15) is 11.1 Å². The number of fused-ring (bicyclic) bond motifs is 1. The van der Waals surface area contributed by atoms with Crippen molar-refractivity contribution in [1.82, 2.24) is 0 Å². The van der Waals surface area contributed by atoms with Gasteiger partial charge in [0.25, 0.3) is 0 Å². The number of para-hydroxylation sites is 1. The molecule has 1 atom stereocenters. The molecule has 0 N–H and O–H groups in total. The highest BCUT2D eigenvalue weighted by Gasteiger charge is 2.41. The summed E-state index contributed by atoms with van der Waals surface area (Å²) in [4.78, 5) is 0. The van der Waals surface area contributed by atoms with E-state index in [4.69, 9.17) is 9.26 Å². The lowest BCUT2D eigenvalue weighted by atomic mass is 10.1. The molecule has 0 amide bonds. The Morgan fingerprint density at radius 2 is 1.90 bits per heavy atom. The second-order valence-electron chi connectivity index (χ2n) is 5.14. The first kappa shape index (κ1) is 14.2. The number of ether oxygens (including phenoxy) is 1. The van der Waals surface area contributed by atoms with Gasteiger partial charge in [0.1, 0.15) is 11.1 Å². The van der Waals surface area contributed by atoms with Gasteiger partial charge in [-0.25, -0.2) is 0 Å². The second-order valence-corrected chi connectivity index (χ2v) is 7.51. The zero-order valence-electron chi connectivity index (χ0n) is 12.4. The van der Waals surface area contributed by atoms with Crippen molar-refractivity contribution in [1.29, 1.82) is 0 Å². The maximum Gasteiger partial charge on any atom is 0.332 e. The van der Waals surface area contributed by atoms with Gasteiger partial charge in [0.15, 0.2) is 6.73 Å². The summed E-state index contributed by atoms with van der Waals surface area (Å²) < 4.78 is 26.5. The lowest BCUT2D eigenvalue weighted by molar-refractivity contribution is 0.306. The number of hydrogen-bond donors (Lipinski definition) is 0. The lowest BCUT2D eigenvalue weighted by Crippen LogP contribution is -2.37. The molecule has 2 aromatic rings. The Labute approximate surface area is 124 Å². The molecule has 4 nitrogen and oxygen atoms in total. The molecular weight excluding hydrogens is 285 g/mol. The Hall–Kier alpha value is -1.77. The normalized spacial score (nSPS) is 20.8. The van der Waals surface area contributed by atoms with E-state index < -0.39 is 7.52 Å². The Morgan fingerprint density at radius 1 is 1.19 bits per heavy atom. The minimum absolute atomic E-state index is 0.214. The van der Waals surface area contributed by atoms with Crippen molar-refractivity contribution in [2.24, 2.45) is 0 Å². The van der Waals surface area contributed by atoms with Gasteiger partial charge in [0.05, 0.1) is 0 Å². The quantitative estimate of drug-likeness (QED) is 0.794. The van der Waals surface area contributed by atoms with Gasteiger partial charge < -0.3 is 9.26 Å². The monoisotopic (exact) mass is 303 g/mol. The van der Waals surface area contributed by atoms with Crippen molar-refractivity contribution >= 4 is 18.5 Å². The van der Waals surface area contributed by atoms with Crippen LogP contribution in [-0.4, -0.2) is 13.8 Å². The first-order chi connectivity index (χ1) is 10.1. The molecule has 1 aliphatic rings. The molecular formula is C16H18NO3P. The van der Waals surface area contributed by atoms with Crippen molar-refractivity contribution in [3.63, 3.8) is 0 Å². The van der Waals surface area contributed by atoms with Gasteiger partial charge in [-0.15, -0.1) is 0 Å². The summed E-state index contributed by atoms with van der Waals surface area (Å²) in [5, 5.41) is 0.637. The van der Waals surface area contributed by atoms with Crippen LogP contribution < -0.4 is 14.7 Å². The molecule has 0 radical (unpaired) electrons. The minimum Gasteiger partial charge on any atom is -0.471 e. The predicted molar refractivity (Wildman–Crippen MR) is 84.6 cm³/mol. The third-order valence-electron chi connectivity index (χ3n) is 3.65. The van der Waals surface area contributed by atoms with Crippen molar-refractivity contribution in [3.05, 3.63) is 53.6 Å². The fourth-order valence-electron chi connectivity index (χ4n) is 2.68. The summed E-state index contributed by atoms with van der Waals surface area (Å²) in [5.41, 5.74) is 2.85. The number of benzene rings is 2. The van der Waals surface area contributed by atoms with Crippen molar-refractivity contribution in [2.45, 2.75) is 13.8 Å². The van der Waals surface area contributed by atoms with E-state index in [9.17, 15) is 4.57 Å². The lowest BCUT2D eigenvalue weighted by Gasteiger charge is -2.37. The zero-order chi connectivity index (χ0) is 15.0. The highest BCUT2D eigenvalue weighted by atomic mass is 31.2. The van der Waals surface area contributed by atoms with Gasteiger partial charge in [0.2, 0.25) is 0 Å². The van der Waals surface area contributed by atoms with Gasteiger partial charge in [-0.05, 0) is 43.2 Å². The first-order valence-corrected chi connectivity index (χ1v) is 8.37. The Bertz CT molecular complexity index is 715. The van der Waals surface area contributed by atoms with E-state index in [0.717, 1.165) is 16.8 Å². The summed E-state index contributed by atoms with van der Waals surface area (Å²) in [6.45, 7) is 4.16. The van der Waals surface area contributed by atoms with Crippen LogP contribution >= 0.6 is 7.52 Å². The van der Waals surface area contributed by atoms with E-state index in [-0.39, 0.29) is 6.73 Å². The molecule has 0 saturated heterocycles. The molecule has 1 aliphatic heterocycles. The molecule has 1 unspecified atom stereocenters. The van der Waals surface area contributed by atoms with Crippen LogP contribution in [0.25, 0.3) is 0 Å². The van der Waals surface area contributed by atoms with Crippen LogP contribution in [0, 0.1) is 13.8 Å². The minimum atomic E-state index is -3.16. The Morgan fingerprint density at radius 3 is 2.57 bits per heavy atom. The SMILES string of the molecule is COP1(=O)c2cc(C)cc(C)c2OCN1c1ccccc1. The third kappa shape index (κ3) is 2.25. The zero-order valence-corrected chi connectivity index (χ0v) is 13.3. The Kier molecular flexibility index (Phi) is 3.52. The molecule has 5 heteroatoms. The summed E-state index contributed by atoms with van der Waals surface area (Å²) in [7, 11) is -1.67. The molecule has 21 heavy (non-hydrogen) atoms. The Balaban J connectivity index is 2.18. The van der Waals surface area contributed by atoms with Gasteiger partial charge in [-0.3, -0.25) is 9.24 Å². The van der Waals surface area contributed by atoms with Crippen LogP contribution in [0.2, 0.25) is 0 Å². The maximum absolute atomic E-state index is 13.5. The summed E-state index contributed by atoms with van der Waals surface area (Å²) in [6, 6.07) is 13.5. The topological polar surface area (TPSA) is 38.8 Å². The largest absolute Gasteiger partial charge is 0.471 e. The van der Waals surface area contributed by atoms with Gasteiger partial charge >= 0.3 is 7.52 Å². The van der Waals surface area contributed by atoms with E-state index >= 15 is 0 Å². The average molecular weight is 303 g/mol. The van der Waals surface area contributed by atoms with Crippen LogP contribution in [0.4, 0.5) is 5.69 Å². The first-order valence-electron chi connectivity index (χ1n) is 6.80. The second kappa shape index (κ2) is 5.21. The number of rotatable bonds is 2. The van der Waals surface area contributed by atoms with E-state index in [2.05, 4.69) is 0 Å². The van der Waals surface area contributed by atoms with E-state index in [1.54, 1.807) is 4.67 Å². The van der Waals surface area contributed by atoms with Gasteiger partial charge in [0, 0.05) is 12.8 Å². The molecule has 0 fully saturated rings. The highest BCUT2D eigenvalue weighted by molar-refractivity contribution is 7.68. The standard InChI is InChI=1S/C16H18NO3P/c1-12-9-13(2)16-15(10-12)21(18,19-3)17(11-20-16)14-7-5-4-6-8-14/h4-10H,11H2,1-3H3. The van der Waals surface area contributed by atoms with Crippen molar-refractivity contribution in [3.8, 4) is 5.75 Å². The molecule has 0 aliphatic carbocycles. The van der Waals surface area contributed by atoms with Crippen molar-refractivity contribution < 1.29 is 13.8 Å². The summed E-state index contributed by atoms with van der Waals surface area (Å²) in [5.74, 6) is 0.679. The molecule has 0 spiro atoms. The summed E-state index contributed by atoms with van der Waals surface area (Å²) >= 11 is 0. The molecule has 0 bridgehead atoms. The molecule has 0 saturated carbocycles. The average Bonchev–Trinajstić information content (AvgIpc) is 2.49. The van der Waals surface area contributed by atoms with E-state index in [1.807, 2.05) is 56.3 Å². The number of hydrogen-bond acceptors (Lipinski definition) is 3. The van der Waals surface area contributed by atoms with Crippen LogP contribution in [0.5, 0.6) is 5.75 Å². The number of nitrogens with zero attached hydrogens (tertiary/aromatic N) is 1. The predicted octanol–water partition coefficient (Wildman–Crippen LogP) is 3.62. The molecule has 2 aromatic carbocycles. The third-order valence-corrected chi connectivity index (χ3v) is 6.07. The molecule has 0 aromatic heterocycles. The fourth-order valence-corrected chi connectivity index (χ4v) is 4.85. The van der Waals surface area contributed by atoms with Gasteiger partial charge in [-0.2, -0.15) is 0 Å². The number of anilines is 1. The molecule has 1 heterocycles. The molecule has 3 rings (SSSR count). The van der Waals surface area contributed by atoms with Crippen LogP contribution in [0.15, 0.2) is 42.5 Å². The van der Waals surface area contributed by atoms with E-state index in [0.29, 0.717) is 11.1 Å². The highest BCUT2D eigenvalue weighted by Crippen LogP contribution is 2.55. The fraction of sp³-hybridized carbons (Fsp3) is 0.250. The maximum atomic E-state index is 13.5. The van der Waals surface area contributed by atoms with Crippen LogP contribution in [-0.2, 0) is 9.09 Å². The molecule has 110 valence electrons. The van der Waals surface area contributed by atoms with E-state index in [1.165, 1.54) is 7.11 Å². The smallest absolute Gasteiger partial charge is 0.332 e. The van der Waals surface area contributed by atoms with Gasteiger partial charge in [-0.1, -0.05) is 24.3 Å². The van der Waals surface area contributed by atoms with Crippen molar-refractivity contribution in [2.75, 3.05) is 18.5 Å².